The van der Waals surface area contributed by atoms with Gasteiger partial charge in [-0.05, 0) is 31.9 Å². The fourth-order valence-corrected chi connectivity index (χ4v) is 3.66. The molecule has 1 unspecified atom stereocenters. The summed E-state index contributed by atoms with van der Waals surface area (Å²) in [4.78, 5) is 22.4. The molecule has 1 N–H and O–H groups in total. The van der Waals surface area contributed by atoms with Crippen LogP contribution in [0.4, 0.5) is 0 Å². The van der Waals surface area contributed by atoms with Crippen LogP contribution in [-0.2, 0) is 4.79 Å². The van der Waals surface area contributed by atoms with Crippen LogP contribution >= 0.6 is 11.8 Å². The van der Waals surface area contributed by atoms with E-state index in [1.165, 1.54) is 24.6 Å². The first kappa shape index (κ1) is 14.4. The summed E-state index contributed by atoms with van der Waals surface area (Å²) < 4.78 is 0. The smallest absolute Gasteiger partial charge is 0.235 e. The second-order valence-electron chi connectivity index (χ2n) is 5.56. The number of benzene rings is 1. The Morgan fingerprint density at radius 3 is 2.67 bits per heavy atom. The molecule has 21 heavy (non-hydrogen) atoms. The van der Waals surface area contributed by atoms with Crippen LogP contribution in [0.1, 0.15) is 32.6 Å². The summed E-state index contributed by atoms with van der Waals surface area (Å²) in [7, 11) is 0. The minimum Gasteiger partial charge on any atom is -0.342 e. The first-order valence-corrected chi connectivity index (χ1v) is 8.52. The highest BCUT2D eigenvalue weighted by Crippen LogP contribution is 2.25. The third kappa shape index (κ3) is 3.40. The van der Waals surface area contributed by atoms with E-state index in [0.717, 1.165) is 42.1 Å². The van der Waals surface area contributed by atoms with Crippen LogP contribution in [0.25, 0.3) is 11.0 Å². The molecule has 1 atom stereocenters. The van der Waals surface area contributed by atoms with Gasteiger partial charge in [0.15, 0.2) is 5.16 Å². The number of amides is 1. The zero-order chi connectivity index (χ0) is 14.7. The van der Waals surface area contributed by atoms with Gasteiger partial charge in [0.25, 0.3) is 0 Å². The van der Waals surface area contributed by atoms with E-state index in [0.29, 0.717) is 0 Å². The number of nitrogens with zero attached hydrogens (tertiary/aromatic N) is 2. The number of aromatic nitrogens is 2. The van der Waals surface area contributed by atoms with E-state index in [9.17, 15) is 4.79 Å². The van der Waals surface area contributed by atoms with Gasteiger partial charge in [0.1, 0.15) is 0 Å². The Hall–Kier alpha value is -1.49. The van der Waals surface area contributed by atoms with E-state index in [1.54, 1.807) is 0 Å². The van der Waals surface area contributed by atoms with Gasteiger partial charge in [0, 0.05) is 13.1 Å². The predicted molar refractivity (Wildman–Crippen MR) is 86.5 cm³/mol. The largest absolute Gasteiger partial charge is 0.342 e. The predicted octanol–water partition coefficient (Wildman–Crippen LogP) is 3.45. The number of para-hydroxylation sites is 2. The summed E-state index contributed by atoms with van der Waals surface area (Å²) in [5.74, 6) is 0.238. The van der Waals surface area contributed by atoms with Crippen LogP contribution < -0.4 is 0 Å². The average Bonchev–Trinajstić information content (AvgIpc) is 2.71. The van der Waals surface area contributed by atoms with Crippen LogP contribution in [0.15, 0.2) is 29.4 Å². The van der Waals surface area contributed by atoms with Crippen LogP contribution in [0.5, 0.6) is 0 Å². The number of imidazole rings is 1. The molecule has 1 amide bonds. The molecule has 2 aromatic rings. The van der Waals surface area contributed by atoms with Crippen molar-refractivity contribution in [2.75, 3.05) is 13.1 Å². The van der Waals surface area contributed by atoms with Gasteiger partial charge in [-0.25, -0.2) is 4.98 Å². The minimum atomic E-state index is -0.0938. The monoisotopic (exact) mass is 303 g/mol. The van der Waals surface area contributed by atoms with Gasteiger partial charge in [-0.15, -0.1) is 0 Å². The second-order valence-corrected chi connectivity index (χ2v) is 6.89. The van der Waals surface area contributed by atoms with Crippen LogP contribution in [0.2, 0.25) is 0 Å². The number of nitrogens with one attached hydrogen (secondary N) is 1. The maximum absolute atomic E-state index is 12.5. The highest BCUT2D eigenvalue weighted by atomic mass is 32.2. The summed E-state index contributed by atoms with van der Waals surface area (Å²) in [5.41, 5.74) is 1.98. The van der Waals surface area contributed by atoms with Gasteiger partial charge in [0.2, 0.25) is 5.91 Å². The Labute approximate surface area is 129 Å². The summed E-state index contributed by atoms with van der Waals surface area (Å²) in [6.45, 7) is 3.79. The van der Waals surface area contributed by atoms with E-state index in [4.69, 9.17) is 0 Å². The van der Waals surface area contributed by atoms with Crippen molar-refractivity contribution in [1.82, 2.24) is 14.9 Å². The van der Waals surface area contributed by atoms with Gasteiger partial charge >= 0.3 is 0 Å². The molecule has 112 valence electrons. The molecule has 1 fully saturated rings. The van der Waals surface area contributed by atoms with Crippen molar-refractivity contribution in [3.8, 4) is 0 Å². The first-order valence-electron chi connectivity index (χ1n) is 7.64. The molecule has 1 saturated heterocycles. The molecule has 0 radical (unpaired) electrons. The van der Waals surface area contributed by atoms with Gasteiger partial charge in [-0.2, -0.15) is 0 Å². The van der Waals surface area contributed by atoms with Crippen molar-refractivity contribution in [2.45, 2.75) is 43.0 Å². The highest BCUT2D eigenvalue weighted by Gasteiger charge is 2.23. The molecule has 0 spiro atoms. The highest BCUT2D eigenvalue weighted by molar-refractivity contribution is 8.00. The first-order chi connectivity index (χ1) is 10.2. The van der Waals surface area contributed by atoms with E-state index in [1.807, 2.05) is 36.1 Å². The number of hydrogen-bond donors (Lipinski definition) is 1. The molecular weight excluding hydrogens is 282 g/mol. The number of aromatic amines is 1. The van der Waals surface area contributed by atoms with Crippen molar-refractivity contribution in [2.24, 2.45) is 0 Å². The molecule has 1 aliphatic rings. The summed E-state index contributed by atoms with van der Waals surface area (Å²) >= 11 is 1.52. The Morgan fingerprint density at radius 1 is 1.24 bits per heavy atom. The molecule has 1 aromatic carbocycles. The lowest BCUT2D eigenvalue weighted by molar-refractivity contribution is -0.130. The van der Waals surface area contributed by atoms with Crippen LogP contribution in [-0.4, -0.2) is 39.1 Å². The zero-order valence-corrected chi connectivity index (χ0v) is 13.2. The quantitative estimate of drug-likeness (QED) is 0.884. The van der Waals surface area contributed by atoms with Crippen molar-refractivity contribution >= 4 is 28.7 Å². The number of H-pyrrole nitrogens is 1. The number of carbonyl (C=O) groups excluding carboxylic acids is 1. The van der Waals surface area contributed by atoms with Crippen molar-refractivity contribution in [3.05, 3.63) is 24.3 Å². The normalized spacial score (nSPS) is 17.7. The lowest BCUT2D eigenvalue weighted by Crippen LogP contribution is -2.37. The Morgan fingerprint density at radius 2 is 1.95 bits per heavy atom. The Bertz CT molecular complexity index is 584. The number of thioether (sulfide) groups is 1. The van der Waals surface area contributed by atoms with Gasteiger partial charge < -0.3 is 9.88 Å². The number of rotatable bonds is 3. The van der Waals surface area contributed by atoms with Crippen molar-refractivity contribution in [3.63, 3.8) is 0 Å². The SMILES string of the molecule is CC(Sc1nc2ccccc2[nH]1)C(=O)N1CCCCCC1. The molecule has 0 saturated carbocycles. The number of likely N-dealkylation sites (tertiary alicyclic amines) is 1. The summed E-state index contributed by atoms with van der Waals surface area (Å²) in [5, 5.41) is 0.732. The van der Waals surface area contributed by atoms with E-state index in [2.05, 4.69) is 9.97 Å². The average molecular weight is 303 g/mol. The molecule has 3 rings (SSSR count). The maximum atomic E-state index is 12.5. The molecule has 2 heterocycles. The van der Waals surface area contributed by atoms with E-state index < -0.39 is 0 Å². The van der Waals surface area contributed by atoms with E-state index >= 15 is 0 Å². The molecule has 1 aliphatic heterocycles. The third-order valence-corrected chi connectivity index (χ3v) is 4.89. The maximum Gasteiger partial charge on any atom is 0.235 e. The third-order valence-electron chi connectivity index (χ3n) is 3.92. The van der Waals surface area contributed by atoms with E-state index in [-0.39, 0.29) is 11.2 Å². The lowest BCUT2D eigenvalue weighted by atomic mass is 10.2. The summed E-state index contributed by atoms with van der Waals surface area (Å²) in [6.07, 6.45) is 4.76. The van der Waals surface area contributed by atoms with Crippen LogP contribution in [0, 0.1) is 0 Å². The second kappa shape index (κ2) is 6.52. The van der Waals surface area contributed by atoms with Gasteiger partial charge in [-0.3, -0.25) is 4.79 Å². The fraction of sp³-hybridized carbons (Fsp3) is 0.500. The topological polar surface area (TPSA) is 49.0 Å². The zero-order valence-electron chi connectivity index (χ0n) is 12.3. The lowest BCUT2D eigenvalue weighted by Gasteiger charge is -2.23. The van der Waals surface area contributed by atoms with Crippen LogP contribution in [0.3, 0.4) is 0 Å². The molecule has 0 bridgehead atoms. The number of hydrogen-bond acceptors (Lipinski definition) is 3. The van der Waals surface area contributed by atoms with Crippen molar-refractivity contribution < 1.29 is 4.79 Å². The number of carbonyl (C=O) groups is 1. The standard InChI is InChI=1S/C16H21N3OS/c1-12(15(20)19-10-6-2-3-7-11-19)21-16-17-13-8-4-5-9-14(13)18-16/h4-5,8-9,12H,2-3,6-7,10-11H2,1H3,(H,17,18). The molecule has 4 nitrogen and oxygen atoms in total. The minimum absolute atomic E-state index is 0.0938. The molecule has 5 heteroatoms. The molecular formula is C16H21N3OS. The summed E-state index contributed by atoms with van der Waals surface area (Å²) in [6, 6.07) is 7.95. The molecule has 1 aromatic heterocycles. The van der Waals surface area contributed by atoms with Gasteiger partial charge in [-0.1, -0.05) is 36.7 Å². The molecule has 0 aliphatic carbocycles. The fourth-order valence-electron chi connectivity index (χ4n) is 2.75. The Kier molecular flexibility index (Phi) is 4.48. The Balaban J connectivity index is 1.67. The van der Waals surface area contributed by atoms with Gasteiger partial charge in [0.05, 0.1) is 16.3 Å². The number of fused-ring (bicyclic) bond motifs is 1. The van der Waals surface area contributed by atoms with Crippen molar-refractivity contribution in [1.29, 1.82) is 0 Å².